The van der Waals surface area contributed by atoms with Gasteiger partial charge in [-0.2, -0.15) is 0 Å². The van der Waals surface area contributed by atoms with Crippen molar-refractivity contribution >= 4 is 28.9 Å². The Morgan fingerprint density at radius 3 is 2.62 bits per heavy atom. The second kappa shape index (κ2) is 6.47. The van der Waals surface area contributed by atoms with Gasteiger partial charge in [0.15, 0.2) is 0 Å². The first-order valence-corrected chi connectivity index (χ1v) is 6.65. The highest BCUT2D eigenvalue weighted by molar-refractivity contribution is 6.32. The number of rotatable bonds is 4. The van der Waals surface area contributed by atoms with Gasteiger partial charge in [0.1, 0.15) is 5.75 Å². The average molecular weight is 306 g/mol. The largest absolute Gasteiger partial charge is 0.495 e. The number of hydrazine groups is 1. The summed E-state index contributed by atoms with van der Waals surface area (Å²) in [5.74, 6) is 5.72. The van der Waals surface area contributed by atoms with E-state index >= 15 is 0 Å². The van der Waals surface area contributed by atoms with Gasteiger partial charge in [0.2, 0.25) is 0 Å². The van der Waals surface area contributed by atoms with Crippen molar-refractivity contribution in [2.45, 2.75) is 6.92 Å². The summed E-state index contributed by atoms with van der Waals surface area (Å²) < 4.78 is 5.07. The third-order valence-corrected chi connectivity index (χ3v) is 3.28. The maximum Gasteiger partial charge on any atom is 0.257 e. The molecule has 4 N–H and O–H groups in total. The molecule has 2 aromatic rings. The number of amides is 1. The summed E-state index contributed by atoms with van der Waals surface area (Å²) in [7, 11) is 1.53. The molecule has 0 aromatic heterocycles. The predicted molar refractivity (Wildman–Crippen MR) is 84.9 cm³/mol. The van der Waals surface area contributed by atoms with Crippen LogP contribution in [0, 0.1) is 6.92 Å². The highest BCUT2D eigenvalue weighted by atomic mass is 35.5. The minimum atomic E-state index is -0.274. The smallest absolute Gasteiger partial charge is 0.257 e. The lowest BCUT2D eigenvalue weighted by molar-refractivity contribution is 0.102. The molecule has 0 fully saturated rings. The molecule has 0 saturated heterocycles. The summed E-state index contributed by atoms with van der Waals surface area (Å²) in [5, 5.41) is 3.20. The third-order valence-electron chi connectivity index (χ3n) is 2.98. The van der Waals surface area contributed by atoms with Crippen LogP contribution in [0.1, 0.15) is 15.9 Å². The lowest BCUT2D eigenvalue weighted by atomic mass is 10.1. The van der Waals surface area contributed by atoms with Gasteiger partial charge in [-0.1, -0.05) is 17.7 Å². The van der Waals surface area contributed by atoms with E-state index in [0.29, 0.717) is 27.7 Å². The van der Waals surface area contributed by atoms with Crippen molar-refractivity contribution in [2.75, 3.05) is 17.9 Å². The van der Waals surface area contributed by atoms with Crippen LogP contribution in [0.5, 0.6) is 5.75 Å². The lowest BCUT2D eigenvalue weighted by Crippen LogP contribution is -2.17. The first-order valence-electron chi connectivity index (χ1n) is 6.27. The topological polar surface area (TPSA) is 76.4 Å². The van der Waals surface area contributed by atoms with Crippen LogP contribution in [0.4, 0.5) is 11.4 Å². The number of nitrogens with two attached hydrogens (primary N) is 1. The van der Waals surface area contributed by atoms with Gasteiger partial charge in [-0.25, -0.2) is 0 Å². The quantitative estimate of drug-likeness (QED) is 0.599. The zero-order valence-corrected chi connectivity index (χ0v) is 12.5. The van der Waals surface area contributed by atoms with Crippen molar-refractivity contribution in [2.24, 2.45) is 5.84 Å². The number of halogens is 1. The van der Waals surface area contributed by atoms with Crippen LogP contribution < -0.4 is 21.3 Å². The molecule has 6 heteroatoms. The van der Waals surface area contributed by atoms with Gasteiger partial charge in [-0.15, -0.1) is 0 Å². The van der Waals surface area contributed by atoms with E-state index < -0.39 is 0 Å². The molecule has 1 amide bonds. The Hall–Kier alpha value is -2.24. The van der Waals surface area contributed by atoms with Crippen LogP contribution in [0.3, 0.4) is 0 Å². The van der Waals surface area contributed by atoms with Gasteiger partial charge in [-0.3, -0.25) is 10.6 Å². The van der Waals surface area contributed by atoms with E-state index in [1.807, 2.05) is 13.0 Å². The molecule has 2 rings (SSSR count). The molecule has 2 aromatic carbocycles. The first-order chi connectivity index (χ1) is 10.0. The Bertz CT molecular complexity index is 674. The molecular formula is C15H16ClN3O2. The number of nitrogen functional groups attached to an aromatic ring is 1. The van der Waals surface area contributed by atoms with Crippen LogP contribution in [-0.4, -0.2) is 13.0 Å². The standard InChI is InChI=1S/C15H16ClN3O2/c1-9-3-5-11(13(7-9)19-17)15(20)18-10-4-6-14(21-2)12(16)8-10/h3-8,19H,17H2,1-2H3,(H,18,20). The van der Waals surface area contributed by atoms with Crippen molar-refractivity contribution in [3.05, 3.63) is 52.5 Å². The van der Waals surface area contributed by atoms with E-state index in [1.165, 1.54) is 7.11 Å². The number of anilines is 2. The number of carbonyl (C=O) groups is 1. The molecular weight excluding hydrogens is 290 g/mol. The number of methoxy groups -OCH3 is 1. The molecule has 0 heterocycles. The summed E-state index contributed by atoms with van der Waals surface area (Å²) in [6, 6.07) is 10.4. The van der Waals surface area contributed by atoms with E-state index in [9.17, 15) is 4.79 Å². The summed E-state index contributed by atoms with van der Waals surface area (Å²) in [5.41, 5.74) is 5.13. The second-order valence-corrected chi connectivity index (χ2v) is 4.90. The summed E-state index contributed by atoms with van der Waals surface area (Å²) in [4.78, 5) is 12.3. The molecule has 5 nitrogen and oxygen atoms in total. The van der Waals surface area contributed by atoms with E-state index in [4.69, 9.17) is 22.2 Å². The lowest BCUT2D eigenvalue weighted by Gasteiger charge is -2.11. The fourth-order valence-electron chi connectivity index (χ4n) is 1.92. The minimum absolute atomic E-state index is 0.274. The SMILES string of the molecule is COc1ccc(NC(=O)c2ccc(C)cc2NN)cc1Cl. The molecule has 110 valence electrons. The van der Waals surface area contributed by atoms with Gasteiger partial charge < -0.3 is 15.5 Å². The second-order valence-electron chi connectivity index (χ2n) is 4.50. The highest BCUT2D eigenvalue weighted by Crippen LogP contribution is 2.27. The first kappa shape index (κ1) is 15.2. The third kappa shape index (κ3) is 3.45. The number of benzene rings is 2. The minimum Gasteiger partial charge on any atom is -0.495 e. The number of hydrogen-bond donors (Lipinski definition) is 3. The van der Waals surface area contributed by atoms with Gasteiger partial charge in [0.25, 0.3) is 5.91 Å². The molecule has 0 aliphatic rings. The maximum atomic E-state index is 12.3. The molecule has 0 bridgehead atoms. The summed E-state index contributed by atoms with van der Waals surface area (Å²) in [6.07, 6.45) is 0. The average Bonchev–Trinajstić information content (AvgIpc) is 2.47. The van der Waals surface area contributed by atoms with Crippen molar-refractivity contribution in [1.82, 2.24) is 0 Å². The number of nitrogens with one attached hydrogen (secondary N) is 2. The summed E-state index contributed by atoms with van der Waals surface area (Å²) in [6.45, 7) is 1.92. The molecule has 21 heavy (non-hydrogen) atoms. The molecule has 0 radical (unpaired) electrons. The van der Waals surface area contributed by atoms with E-state index in [0.717, 1.165) is 5.56 Å². The van der Waals surface area contributed by atoms with Crippen LogP contribution in [0.15, 0.2) is 36.4 Å². The van der Waals surface area contributed by atoms with Gasteiger partial charge in [0, 0.05) is 5.69 Å². The summed E-state index contributed by atoms with van der Waals surface area (Å²) >= 11 is 6.03. The van der Waals surface area contributed by atoms with Gasteiger partial charge in [-0.05, 0) is 42.8 Å². The van der Waals surface area contributed by atoms with Crippen molar-refractivity contribution in [3.63, 3.8) is 0 Å². The number of aryl methyl sites for hydroxylation is 1. The Labute approximate surface area is 128 Å². The van der Waals surface area contributed by atoms with E-state index in [1.54, 1.807) is 30.3 Å². The molecule has 0 spiro atoms. The molecule has 0 aliphatic heterocycles. The van der Waals surface area contributed by atoms with Crippen molar-refractivity contribution < 1.29 is 9.53 Å². The Balaban J connectivity index is 2.24. The molecule has 0 unspecified atom stereocenters. The number of ether oxygens (including phenoxy) is 1. The Morgan fingerprint density at radius 1 is 1.24 bits per heavy atom. The molecule has 0 saturated carbocycles. The fraction of sp³-hybridized carbons (Fsp3) is 0.133. The highest BCUT2D eigenvalue weighted by Gasteiger charge is 2.12. The zero-order valence-electron chi connectivity index (χ0n) is 11.7. The Kier molecular flexibility index (Phi) is 4.67. The van der Waals surface area contributed by atoms with Crippen LogP contribution in [0.2, 0.25) is 5.02 Å². The molecule has 0 aliphatic carbocycles. The van der Waals surface area contributed by atoms with Gasteiger partial charge in [0.05, 0.1) is 23.4 Å². The predicted octanol–water partition coefficient (Wildman–Crippen LogP) is 3.19. The fourth-order valence-corrected chi connectivity index (χ4v) is 2.18. The van der Waals surface area contributed by atoms with Crippen molar-refractivity contribution in [3.8, 4) is 5.75 Å². The maximum absolute atomic E-state index is 12.3. The number of hydrogen-bond acceptors (Lipinski definition) is 4. The van der Waals surface area contributed by atoms with Crippen LogP contribution in [0.25, 0.3) is 0 Å². The van der Waals surface area contributed by atoms with E-state index in [-0.39, 0.29) is 5.91 Å². The van der Waals surface area contributed by atoms with E-state index in [2.05, 4.69) is 10.7 Å². The number of carbonyl (C=O) groups excluding carboxylic acids is 1. The monoisotopic (exact) mass is 305 g/mol. The normalized spacial score (nSPS) is 10.1. The van der Waals surface area contributed by atoms with Crippen LogP contribution in [-0.2, 0) is 0 Å². The zero-order chi connectivity index (χ0) is 15.4. The van der Waals surface area contributed by atoms with Gasteiger partial charge >= 0.3 is 0 Å². The Morgan fingerprint density at radius 2 is 2.00 bits per heavy atom. The van der Waals surface area contributed by atoms with Crippen LogP contribution >= 0.6 is 11.6 Å². The van der Waals surface area contributed by atoms with Crippen molar-refractivity contribution in [1.29, 1.82) is 0 Å². The molecule has 0 atom stereocenters.